The fourth-order valence-corrected chi connectivity index (χ4v) is 22.3. The third-order valence-corrected chi connectivity index (χ3v) is 27.5. The second-order valence-electron chi connectivity index (χ2n) is 34.4. The minimum absolute atomic E-state index is 0. The summed E-state index contributed by atoms with van der Waals surface area (Å²) in [4.78, 5) is 8.96. The number of aromatic nitrogens is 19. The first-order chi connectivity index (χ1) is 62.2. The molecule has 10 aromatic carbocycles. The van der Waals surface area contributed by atoms with Crippen molar-refractivity contribution >= 4 is 142 Å². The molecule has 19 nitrogen and oxygen atoms in total. The summed E-state index contributed by atoms with van der Waals surface area (Å²) in [5.41, 5.74) is 28.8. The summed E-state index contributed by atoms with van der Waals surface area (Å²) >= 11 is 0. The average Bonchev–Trinajstić information content (AvgIpc) is 1.53. The maximum absolute atomic E-state index is 4.64. The predicted molar refractivity (Wildman–Crippen MR) is 496 cm³/mol. The molecule has 0 spiro atoms. The predicted octanol–water partition coefficient (Wildman–Crippen LogP) is 14.0. The van der Waals surface area contributed by atoms with Gasteiger partial charge in [0.2, 0.25) is 23.2 Å². The van der Waals surface area contributed by atoms with Crippen LogP contribution in [0, 0.1) is 14.9 Å². The molecule has 0 radical (unpaired) electrons. The van der Waals surface area contributed by atoms with E-state index in [1.165, 1.54) is 198 Å². The summed E-state index contributed by atoms with van der Waals surface area (Å²) in [6.45, 7) is 6.55. The molecule has 0 saturated heterocycles. The van der Waals surface area contributed by atoms with Gasteiger partial charge in [-0.2, -0.15) is 17.9 Å². The van der Waals surface area contributed by atoms with Gasteiger partial charge in [-0.3, -0.25) is 9.55 Å². The Morgan fingerprint density at radius 3 is 1.70 bits per heavy atom. The van der Waals surface area contributed by atoms with E-state index in [4.69, 9.17) is 0 Å². The Morgan fingerprint density at radius 1 is 0.341 bits per heavy atom. The monoisotopic (exact) mass is 1730 g/mol. The first-order valence-corrected chi connectivity index (χ1v) is 43.4. The van der Waals surface area contributed by atoms with Gasteiger partial charge in [0.15, 0.2) is 62.5 Å². The van der Waals surface area contributed by atoms with E-state index in [1.54, 1.807) is 0 Å². The molecule has 129 heavy (non-hydrogen) atoms. The Morgan fingerprint density at radius 2 is 0.922 bits per heavy atom. The number of fused-ring (bicyclic) bond motifs is 16. The molecule has 610 valence electrons. The van der Waals surface area contributed by atoms with Crippen LogP contribution in [0.1, 0.15) is 27.8 Å². The molecule has 32 rings (SSSR count). The van der Waals surface area contributed by atoms with Crippen LogP contribution in [0.2, 0.25) is 0 Å². The van der Waals surface area contributed by atoms with Gasteiger partial charge in [-0.05, 0) is 76.8 Å². The topological polar surface area (TPSA) is 95.6 Å². The second kappa shape index (κ2) is 29.2. The van der Waals surface area contributed by atoms with E-state index >= 15 is 0 Å². The van der Waals surface area contributed by atoms with E-state index in [1.807, 2.05) is 37.9 Å². The summed E-state index contributed by atoms with van der Waals surface area (Å²) in [6, 6.07) is 97.6. The molecule has 0 bridgehead atoms. The van der Waals surface area contributed by atoms with E-state index < -0.39 is 0 Å². The summed E-state index contributed by atoms with van der Waals surface area (Å²) < 4.78 is 39.4. The van der Waals surface area contributed by atoms with E-state index in [0.717, 1.165) is 63.2 Å². The van der Waals surface area contributed by atoms with Crippen LogP contribution in [0.5, 0.6) is 0 Å². The van der Waals surface area contributed by atoms with Crippen LogP contribution in [-0.4, -0.2) is 32.5 Å². The van der Waals surface area contributed by atoms with Crippen LogP contribution in [-0.2, 0) is 93.7 Å². The number of hydrogen-bond acceptors (Lipinski definition) is 2. The molecule has 7 aliphatic rings. The first kappa shape index (κ1) is 77.0. The summed E-state index contributed by atoms with van der Waals surface area (Å²) in [5.74, 6) is 3.45. The van der Waals surface area contributed by atoms with E-state index in [0.29, 0.717) is 0 Å². The normalized spacial score (nSPS) is 12.9. The Balaban J connectivity index is 0.0000000865. The van der Waals surface area contributed by atoms with Gasteiger partial charge in [0.05, 0.1) is 54.6 Å². The number of hydrogen-bond donors (Lipinski definition) is 0. The SMILES string of the molecule is C[n+]1c(-c2ccccc2)[n+]2c3c4c(cccc4c4ccccc4n31)C2.C[n+]1ccc2c3c1c1ccccc1[n+]1cc(-c4ccccc4)n(c31)C2.C[n+]1ccc2c3c1c1ccccc1n1c(-c4ccccc4)c[n+](c31)C2.C[n+]1ccc[n+]2c1-c1nccn1C2.[CH3-].[CH3-].[Zn+2].c1cc2c3c(c1)c1ccc[n+]4c1n1c3[n+](c[n+]1C4)C2.c1ccc2c(c1)c1ccc[n+]3c1c1c(ccnc21)C3. The van der Waals surface area contributed by atoms with Crippen molar-refractivity contribution < 1.29 is 74.3 Å². The molecule has 0 N–H and O–H groups in total. The van der Waals surface area contributed by atoms with Crippen LogP contribution >= 0.6 is 0 Å². The maximum atomic E-state index is 4.64. The number of aryl methyl sites for hydroxylation is 4. The zero-order chi connectivity index (χ0) is 83.0. The smallest absolute Gasteiger partial charge is 0.358 e. The second-order valence-corrected chi connectivity index (χ2v) is 34.4. The number of rotatable bonds is 3. The van der Waals surface area contributed by atoms with Crippen LogP contribution < -0.4 is 54.9 Å². The maximum Gasteiger partial charge on any atom is 2.00 e. The molecule has 25 aromatic rings. The van der Waals surface area contributed by atoms with Crippen molar-refractivity contribution in [1.29, 1.82) is 0 Å². The van der Waals surface area contributed by atoms with Crippen molar-refractivity contribution in [3.63, 3.8) is 0 Å². The summed E-state index contributed by atoms with van der Waals surface area (Å²) in [7, 11) is 8.49. The van der Waals surface area contributed by atoms with Crippen molar-refractivity contribution in [2.75, 3.05) is 0 Å². The number of benzene rings is 10. The van der Waals surface area contributed by atoms with Gasteiger partial charge >= 0.3 is 65.7 Å². The minimum atomic E-state index is 0. The van der Waals surface area contributed by atoms with Gasteiger partial charge in [-0.1, -0.05) is 187 Å². The zero-order valence-corrected chi connectivity index (χ0v) is 75.5. The largest absolute Gasteiger partial charge is 2.00 e. The molecule has 7 aliphatic heterocycles. The number of nitrogens with zero attached hydrogens (tertiary/aromatic N) is 19. The fourth-order valence-electron chi connectivity index (χ4n) is 22.3. The van der Waals surface area contributed by atoms with Crippen molar-refractivity contribution in [1.82, 2.24) is 32.5 Å². The molecule has 20 heteroatoms. The van der Waals surface area contributed by atoms with Crippen molar-refractivity contribution in [2.24, 2.45) is 28.2 Å². The number of pyridine rings is 9. The number of imidazole rings is 3. The standard InChI is InChI=1S/3C22H17N3.C17H11N2.C15H11N4.C9H10N4.2CH3.Zn/c1-23-21(15-8-3-2-4-9-15)24-14-16-10-7-12-18-17-11-5-6-13-19(17)25(23)22(24)20(16)18;1-23-12-11-16-13-24-19(15-7-3-2-4-8-15)14-25-18-10-6-5-9-17(18)21(23)20(16)22(24)25;1-23-12-11-16-13-24-14-19(15-7-3-2-4-8-15)25-18-10-6-5-9-17(18)21(23)20(16)22(24)25;1-2-5-13-12(4-1)14-6-3-9-19-10-11-7-8-18-16(13)15(11)17(14)19;1-3-10-7-17-9-18-8-16-6-2-5-12-11(4-1)13(10)15(17)19(18)14(12)16;1-11-4-2-5-13-7-12-6-3-10-8(12)9(11)13;;;/h2-13H,14H2,1H3;2*2-12,14H,13H2,1H3;1-9H,10H2;1-6,9H,7-8H2;2-6H,7H2,1H3;2*1H3;/q3*+2;+1;+3;+2;2*-1;+2. The molecule has 0 unspecified atom stereocenters. The summed E-state index contributed by atoms with van der Waals surface area (Å²) in [6.07, 6.45) is 25.4. The molecule has 0 fully saturated rings. The third-order valence-electron chi connectivity index (χ3n) is 27.5. The number of para-hydroxylation sites is 3. The van der Waals surface area contributed by atoms with Gasteiger partial charge in [-0.25, -0.2) is 23.3 Å². The average molecular weight is 1730 g/mol. The Bertz CT molecular complexity index is 8920. The molecule has 15 aromatic heterocycles. The van der Waals surface area contributed by atoms with E-state index in [-0.39, 0.29) is 34.3 Å². The minimum Gasteiger partial charge on any atom is -0.358 e. The van der Waals surface area contributed by atoms with Crippen molar-refractivity contribution in [3.8, 4) is 45.6 Å². The van der Waals surface area contributed by atoms with Crippen LogP contribution in [0.25, 0.3) is 188 Å². The molecule has 0 aliphatic carbocycles. The molecule has 22 heterocycles. The third kappa shape index (κ3) is 11.0. The van der Waals surface area contributed by atoms with E-state index in [9.17, 15) is 0 Å². The Labute approximate surface area is 753 Å². The van der Waals surface area contributed by atoms with Crippen LogP contribution in [0.15, 0.2) is 347 Å². The van der Waals surface area contributed by atoms with Crippen LogP contribution in [0.3, 0.4) is 0 Å². The van der Waals surface area contributed by atoms with E-state index in [2.05, 4.69) is 425 Å². The van der Waals surface area contributed by atoms with Crippen molar-refractivity contribution in [3.05, 3.63) is 390 Å². The molecule has 0 amide bonds. The molecular formula is C109H89N19Zn+12. The Hall–Kier alpha value is -15.7. The quantitative estimate of drug-likeness (QED) is 0.0762. The zero-order valence-electron chi connectivity index (χ0n) is 72.6. The van der Waals surface area contributed by atoms with Gasteiger partial charge in [0.25, 0.3) is 12.5 Å². The molecule has 0 saturated carbocycles. The molecular weight excluding hydrogens is 1640 g/mol. The van der Waals surface area contributed by atoms with Gasteiger partial charge in [-0.15, -0.1) is 18.3 Å². The van der Waals surface area contributed by atoms with Gasteiger partial charge in [0, 0.05) is 102 Å². The molecule has 0 atom stereocenters. The fraction of sp³-hybridized carbons (Fsp3) is 0.101. The van der Waals surface area contributed by atoms with Crippen LogP contribution in [0.4, 0.5) is 0 Å². The van der Waals surface area contributed by atoms with Gasteiger partial charge < -0.3 is 14.9 Å². The Kier molecular flexibility index (Phi) is 17.4. The van der Waals surface area contributed by atoms with Crippen molar-refractivity contribution in [2.45, 2.75) is 46.1 Å². The summed E-state index contributed by atoms with van der Waals surface area (Å²) in [5, 5.41) is 18.8. The van der Waals surface area contributed by atoms with Gasteiger partial charge in [0.1, 0.15) is 91.4 Å². The first-order valence-electron chi connectivity index (χ1n) is 43.4.